The molecule has 0 amide bonds. The monoisotopic (exact) mass is 292 g/mol. The number of nitrogens with zero attached hydrogens (tertiary/aromatic N) is 1. The molecule has 0 atom stereocenters. The van der Waals surface area contributed by atoms with Crippen molar-refractivity contribution in [2.24, 2.45) is 0 Å². The molecule has 6 heteroatoms. The van der Waals surface area contributed by atoms with Crippen LogP contribution in [0.1, 0.15) is 37.0 Å². The van der Waals surface area contributed by atoms with Crippen molar-refractivity contribution < 1.29 is 19.1 Å². The van der Waals surface area contributed by atoms with Crippen LogP contribution in [0.2, 0.25) is 0 Å². The lowest BCUT2D eigenvalue weighted by molar-refractivity contribution is 0.0696. The molecule has 1 aromatic heterocycles. The van der Waals surface area contributed by atoms with Gasteiger partial charge in [-0.3, -0.25) is 0 Å². The number of carbonyl (C=O) groups is 1. The summed E-state index contributed by atoms with van der Waals surface area (Å²) < 4.78 is 10.9. The second kappa shape index (κ2) is 7.08. The van der Waals surface area contributed by atoms with Crippen LogP contribution in [0, 0.1) is 0 Å². The van der Waals surface area contributed by atoms with E-state index in [9.17, 15) is 4.79 Å². The molecule has 0 aliphatic rings. The second-order valence-corrected chi connectivity index (χ2v) is 5.06. The number of hydrogen-bond donors (Lipinski definition) is 2. The number of fused-ring (bicyclic) bond motifs is 1. The number of carboxylic acid groups (broad SMARTS) is 1. The maximum absolute atomic E-state index is 10.9. The molecule has 0 radical (unpaired) electrons. The normalized spacial score (nSPS) is 11.2. The maximum Gasteiger partial charge on any atom is 0.335 e. The lowest BCUT2D eigenvalue weighted by Gasteiger charge is -2.06. The molecule has 114 valence electrons. The van der Waals surface area contributed by atoms with Gasteiger partial charge in [-0.25, -0.2) is 4.79 Å². The second-order valence-electron chi connectivity index (χ2n) is 5.06. The molecule has 0 saturated carbocycles. The number of hydrogen-bond acceptors (Lipinski definition) is 5. The Hall–Kier alpha value is -2.08. The van der Waals surface area contributed by atoms with E-state index in [0.29, 0.717) is 17.1 Å². The highest BCUT2D eigenvalue weighted by Gasteiger charge is 2.09. The third-order valence-corrected chi connectivity index (χ3v) is 2.93. The van der Waals surface area contributed by atoms with Gasteiger partial charge in [0.05, 0.1) is 11.7 Å². The maximum atomic E-state index is 10.9. The minimum atomic E-state index is -0.979. The van der Waals surface area contributed by atoms with Crippen molar-refractivity contribution in [1.82, 2.24) is 4.98 Å². The van der Waals surface area contributed by atoms with Crippen LogP contribution in [0.5, 0.6) is 0 Å². The first kappa shape index (κ1) is 15.3. The molecule has 1 aromatic carbocycles. The van der Waals surface area contributed by atoms with Crippen molar-refractivity contribution >= 4 is 23.1 Å². The van der Waals surface area contributed by atoms with Crippen molar-refractivity contribution in [2.45, 2.75) is 32.8 Å². The molecule has 21 heavy (non-hydrogen) atoms. The Morgan fingerprint density at radius 2 is 2.24 bits per heavy atom. The first-order chi connectivity index (χ1) is 10.1. The molecule has 2 N–H and O–H groups in total. The fourth-order valence-corrected chi connectivity index (χ4v) is 1.87. The van der Waals surface area contributed by atoms with Gasteiger partial charge in [-0.1, -0.05) is 0 Å². The molecule has 0 aliphatic carbocycles. The number of oxazole rings is 1. The van der Waals surface area contributed by atoms with Gasteiger partial charge >= 0.3 is 5.97 Å². The van der Waals surface area contributed by atoms with E-state index in [0.717, 1.165) is 26.0 Å². The van der Waals surface area contributed by atoms with Crippen molar-refractivity contribution in [3.63, 3.8) is 0 Å². The molecule has 1 heterocycles. The highest BCUT2D eigenvalue weighted by atomic mass is 16.5. The van der Waals surface area contributed by atoms with E-state index in [1.807, 2.05) is 13.8 Å². The molecule has 2 aromatic rings. The number of anilines is 1. The summed E-state index contributed by atoms with van der Waals surface area (Å²) in [6.07, 6.45) is 2.18. The summed E-state index contributed by atoms with van der Waals surface area (Å²) >= 11 is 0. The van der Waals surface area contributed by atoms with Crippen molar-refractivity contribution in [3.05, 3.63) is 23.8 Å². The quantitative estimate of drug-likeness (QED) is 0.727. The van der Waals surface area contributed by atoms with E-state index >= 15 is 0 Å². The molecule has 0 bridgehead atoms. The van der Waals surface area contributed by atoms with Crippen molar-refractivity contribution in [2.75, 3.05) is 18.5 Å². The number of aromatic carboxylic acids is 1. The standard InChI is InChI=1S/C15H20N2O4/c1-10(2)20-8-4-3-7-16-15-17-12-6-5-11(14(18)19)9-13(12)21-15/h5-6,9-10H,3-4,7-8H2,1-2H3,(H,16,17)(H,18,19). The number of carboxylic acids is 1. The summed E-state index contributed by atoms with van der Waals surface area (Å²) in [6.45, 7) is 5.51. The molecule has 0 fully saturated rings. The van der Waals surface area contributed by atoms with E-state index in [1.54, 1.807) is 6.07 Å². The first-order valence-electron chi connectivity index (χ1n) is 7.05. The molecule has 6 nitrogen and oxygen atoms in total. The van der Waals surface area contributed by atoms with Crippen LogP contribution in [0.15, 0.2) is 22.6 Å². The fourth-order valence-electron chi connectivity index (χ4n) is 1.87. The molecular weight excluding hydrogens is 272 g/mol. The number of aromatic nitrogens is 1. The zero-order valence-corrected chi connectivity index (χ0v) is 12.3. The SMILES string of the molecule is CC(C)OCCCCNc1nc2ccc(C(=O)O)cc2o1. The third-order valence-electron chi connectivity index (χ3n) is 2.93. The van der Waals surface area contributed by atoms with Crippen LogP contribution in [0.4, 0.5) is 6.01 Å². The van der Waals surface area contributed by atoms with Gasteiger partial charge in [0, 0.05) is 13.2 Å². The summed E-state index contributed by atoms with van der Waals surface area (Å²) in [5.74, 6) is -0.979. The number of nitrogens with one attached hydrogen (secondary N) is 1. The minimum Gasteiger partial charge on any atom is -0.478 e. The summed E-state index contributed by atoms with van der Waals surface area (Å²) in [4.78, 5) is 15.1. The minimum absolute atomic E-state index is 0.191. The Kier molecular flexibility index (Phi) is 5.16. The van der Waals surface area contributed by atoms with Crippen LogP contribution in [-0.4, -0.2) is 35.3 Å². The van der Waals surface area contributed by atoms with Gasteiger partial charge < -0.3 is 19.6 Å². The molecule has 0 saturated heterocycles. The number of benzene rings is 1. The lowest BCUT2D eigenvalue weighted by Crippen LogP contribution is -2.07. The topological polar surface area (TPSA) is 84.6 Å². The number of rotatable bonds is 8. The molecule has 0 spiro atoms. The zero-order chi connectivity index (χ0) is 15.2. The Morgan fingerprint density at radius 3 is 2.95 bits per heavy atom. The lowest BCUT2D eigenvalue weighted by atomic mass is 10.2. The van der Waals surface area contributed by atoms with Gasteiger partial charge in [0.15, 0.2) is 5.58 Å². The van der Waals surface area contributed by atoms with Crippen LogP contribution < -0.4 is 5.32 Å². The summed E-state index contributed by atoms with van der Waals surface area (Å²) in [5, 5.41) is 12.0. The van der Waals surface area contributed by atoms with Gasteiger partial charge in [0.2, 0.25) is 0 Å². The number of ether oxygens (including phenoxy) is 1. The Bertz CT molecular complexity index is 607. The fraction of sp³-hybridized carbons (Fsp3) is 0.467. The average Bonchev–Trinajstić information content (AvgIpc) is 2.83. The Labute approximate surface area is 123 Å². The van der Waals surface area contributed by atoms with Crippen molar-refractivity contribution in [3.8, 4) is 0 Å². The molecular formula is C15H20N2O4. The van der Waals surface area contributed by atoms with E-state index in [1.165, 1.54) is 12.1 Å². The summed E-state index contributed by atoms with van der Waals surface area (Å²) in [6, 6.07) is 5.05. The highest BCUT2D eigenvalue weighted by Crippen LogP contribution is 2.20. The summed E-state index contributed by atoms with van der Waals surface area (Å²) in [5.41, 5.74) is 1.31. The van der Waals surface area contributed by atoms with Crippen LogP contribution in [-0.2, 0) is 4.74 Å². The van der Waals surface area contributed by atoms with E-state index < -0.39 is 5.97 Å². The van der Waals surface area contributed by atoms with Crippen LogP contribution >= 0.6 is 0 Å². The van der Waals surface area contributed by atoms with Gasteiger partial charge in [-0.05, 0) is 44.9 Å². The Balaban J connectivity index is 1.84. The third kappa shape index (κ3) is 4.46. The smallest absolute Gasteiger partial charge is 0.335 e. The van der Waals surface area contributed by atoms with Gasteiger partial charge in [0.1, 0.15) is 5.52 Å². The predicted molar refractivity (Wildman–Crippen MR) is 79.8 cm³/mol. The van der Waals surface area contributed by atoms with E-state index in [4.69, 9.17) is 14.3 Å². The molecule has 0 aliphatic heterocycles. The van der Waals surface area contributed by atoms with Gasteiger partial charge in [-0.15, -0.1) is 0 Å². The van der Waals surface area contributed by atoms with E-state index in [-0.39, 0.29) is 11.7 Å². The average molecular weight is 292 g/mol. The van der Waals surface area contributed by atoms with Crippen molar-refractivity contribution in [1.29, 1.82) is 0 Å². The molecule has 0 unspecified atom stereocenters. The van der Waals surface area contributed by atoms with Crippen LogP contribution in [0.25, 0.3) is 11.1 Å². The largest absolute Gasteiger partial charge is 0.478 e. The van der Waals surface area contributed by atoms with Gasteiger partial charge in [0.25, 0.3) is 6.01 Å². The van der Waals surface area contributed by atoms with Gasteiger partial charge in [-0.2, -0.15) is 4.98 Å². The van der Waals surface area contributed by atoms with E-state index in [2.05, 4.69) is 10.3 Å². The zero-order valence-electron chi connectivity index (χ0n) is 12.3. The Morgan fingerprint density at radius 1 is 1.43 bits per heavy atom. The number of unbranched alkanes of at least 4 members (excludes halogenated alkanes) is 1. The molecule has 2 rings (SSSR count). The highest BCUT2D eigenvalue weighted by molar-refractivity contribution is 5.92. The summed E-state index contributed by atoms with van der Waals surface area (Å²) in [7, 11) is 0. The predicted octanol–water partition coefficient (Wildman–Crippen LogP) is 3.14. The first-order valence-corrected chi connectivity index (χ1v) is 7.05. The van der Waals surface area contributed by atoms with Crippen LogP contribution in [0.3, 0.4) is 0 Å².